The molecular weight excluding hydrogens is 348 g/mol. The summed E-state index contributed by atoms with van der Waals surface area (Å²) < 4.78 is 6.13. The first-order valence-electron chi connectivity index (χ1n) is 8.56. The molecule has 0 aliphatic rings. The lowest BCUT2D eigenvalue weighted by Crippen LogP contribution is -2.19. The predicted molar refractivity (Wildman–Crippen MR) is 108 cm³/mol. The summed E-state index contributed by atoms with van der Waals surface area (Å²) in [6, 6.07) is 13.1. The average molecular weight is 375 g/mol. The molecule has 2 aromatic rings. The third kappa shape index (κ3) is 5.97. The van der Waals surface area contributed by atoms with Gasteiger partial charge in [0.1, 0.15) is 11.2 Å². The number of aliphatic hydroxyl groups is 1. The molecule has 0 radical (unpaired) electrons. The lowest BCUT2D eigenvalue weighted by atomic mass is 9.99. The van der Waals surface area contributed by atoms with Crippen molar-refractivity contribution in [2.45, 2.75) is 37.9 Å². The normalized spacial score (nSPS) is 13.1. The molecule has 4 N–H and O–H groups in total. The summed E-state index contributed by atoms with van der Waals surface area (Å²) in [5.41, 5.74) is 9.16. The van der Waals surface area contributed by atoms with Crippen molar-refractivity contribution >= 4 is 23.5 Å². The van der Waals surface area contributed by atoms with Crippen molar-refractivity contribution in [3.8, 4) is 5.75 Å². The first kappa shape index (κ1) is 20.1. The van der Waals surface area contributed by atoms with E-state index in [0.717, 1.165) is 28.9 Å². The molecule has 0 heterocycles. The second-order valence-electron chi connectivity index (χ2n) is 6.23. The number of ether oxygens (including phenoxy) is 1. The second-order valence-corrected chi connectivity index (χ2v) is 7.97. The van der Waals surface area contributed by atoms with E-state index in [-0.39, 0.29) is 17.3 Å². The number of urea groups is 1. The quantitative estimate of drug-likeness (QED) is 0.612. The largest absolute Gasteiger partial charge is 0.480 e. The number of carbonyl (C=O) groups is 1. The van der Waals surface area contributed by atoms with Crippen molar-refractivity contribution in [2.24, 2.45) is 5.73 Å². The maximum Gasteiger partial charge on any atom is 0.316 e. The third-order valence-corrected chi connectivity index (χ3v) is 5.04. The summed E-state index contributed by atoms with van der Waals surface area (Å²) in [5, 5.41) is 11.9. The van der Waals surface area contributed by atoms with E-state index >= 15 is 0 Å². The summed E-state index contributed by atoms with van der Waals surface area (Å²) in [6.07, 6.45) is 0.728. The molecule has 5 nitrogen and oxygen atoms in total. The maximum atomic E-state index is 10.9. The Balaban J connectivity index is 2.14. The number of thioether (sulfide) groups is 1. The Morgan fingerprint density at radius 3 is 2.54 bits per heavy atom. The van der Waals surface area contributed by atoms with E-state index in [9.17, 15) is 9.90 Å². The van der Waals surface area contributed by atoms with E-state index in [1.165, 1.54) is 0 Å². The first-order valence-corrected chi connectivity index (χ1v) is 9.50. The maximum absolute atomic E-state index is 10.9. The molecule has 26 heavy (non-hydrogen) atoms. The topological polar surface area (TPSA) is 84.6 Å². The van der Waals surface area contributed by atoms with E-state index in [2.05, 4.69) is 18.3 Å². The van der Waals surface area contributed by atoms with Crippen LogP contribution in [0.2, 0.25) is 0 Å². The highest BCUT2D eigenvalue weighted by molar-refractivity contribution is 8.00. The molecule has 0 unspecified atom stereocenters. The van der Waals surface area contributed by atoms with Crippen molar-refractivity contribution in [2.75, 3.05) is 11.9 Å². The van der Waals surface area contributed by atoms with Crippen molar-refractivity contribution in [1.82, 2.24) is 0 Å². The van der Waals surface area contributed by atoms with Gasteiger partial charge in [0.05, 0.1) is 6.61 Å². The summed E-state index contributed by atoms with van der Waals surface area (Å²) >= 11 is 1.60. The zero-order valence-corrected chi connectivity index (χ0v) is 16.2. The van der Waals surface area contributed by atoms with Crippen molar-refractivity contribution in [1.29, 1.82) is 0 Å². The van der Waals surface area contributed by atoms with Gasteiger partial charge < -0.3 is 20.9 Å². The smallest absolute Gasteiger partial charge is 0.316 e. The number of benzene rings is 2. The molecule has 0 saturated carbocycles. The number of aliphatic hydroxyl groups excluding tert-OH is 1. The van der Waals surface area contributed by atoms with E-state index in [4.69, 9.17) is 10.5 Å². The number of rotatable bonds is 8. The lowest BCUT2D eigenvalue weighted by Gasteiger charge is -2.20. The monoisotopic (exact) mass is 374 g/mol. The molecule has 0 bridgehead atoms. The molecule has 0 aromatic heterocycles. The van der Waals surface area contributed by atoms with Gasteiger partial charge in [-0.1, -0.05) is 31.2 Å². The number of nitrogens with one attached hydrogen (secondary N) is 1. The summed E-state index contributed by atoms with van der Waals surface area (Å²) in [6.45, 7) is 6.17. The minimum Gasteiger partial charge on any atom is -0.480 e. The Bertz CT molecular complexity index is 734. The van der Waals surface area contributed by atoms with Gasteiger partial charge in [0.25, 0.3) is 0 Å². The van der Waals surface area contributed by atoms with Crippen molar-refractivity contribution < 1.29 is 14.6 Å². The molecule has 0 fully saturated rings. The standard InChI is InChI=1S/C20H26N2O3S/c1-13-5-4-6-19(25-15(3)26-14(2)12-23)18(13)11-16-7-9-17(10-8-16)22-20(21)24/h4-10,14-15,23H,11-12H2,1-3H3,(H3,21,22,24)/t14-,15+/m0/s1. The molecule has 0 aliphatic heterocycles. The minimum absolute atomic E-state index is 0.0557. The molecule has 6 heteroatoms. The predicted octanol–water partition coefficient (Wildman–Crippen LogP) is 3.92. The lowest BCUT2D eigenvalue weighted by molar-refractivity contribution is 0.259. The average Bonchev–Trinajstić information content (AvgIpc) is 2.58. The molecule has 2 amide bonds. The van der Waals surface area contributed by atoms with Crippen molar-refractivity contribution in [3.63, 3.8) is 0 Å². The summed E-state index contributed by atoms with van der Waals surface area (Å²) in [7, 11) is 0. The van der Waals surface area contributed by atoms with Crippen LogP contribution in [0.15, 0.2) is 42.5 Å². The van der Waals surface area contributed by atoms with E-state index < -0.39 is 6.03 Å². The van der Waals surface area contributed by atoms with E-state index in [1.807, 2.05) is 50.2 Å². The Labute approximate surface area is 158 Å². The Hall–Kier alpha value is -2.18. The Morgan fingerprint density at radius 2 is 1.92 bits per heavy atom. The fourth-order valence-electron chi connectivity index (χ4n) is 2.64. The highest BCUT2D eigenvalue weighted by atomic mass is 32.2. The number of carbonyl (C=O) groups excluding carboxylic acids is 1. The van der Waals surface area contributed by atoms with E-state index in [1.54, 1.807) is 11.8 Å². The van der Waals surface area contributed by atoms with Crippen LogP contribution in [0.3, 0.4) is 0 Å². The van der Waals surface area contributed by atoms with Gasteiger partial charge in [0.15, 0.2) is 0 Å². The fraction of sp³-hybridized carbons (Fsp3) is 0.350. The number of anilines is 1. The van der Waals surface area contributed by atoms with Gasteiger partial charge >= 0.3 is 6.03 Å². The SMILES string of the molecule is Cc1cccc(O[C@@H](C)S[C@@H](C)CO)c1Cc1ccc(NC(N)=O)cc1. The first-order chi connectivity index (χ1) is 12.4. The molecule has 0 spiro atoms. The van der Waals surface area contributed by atoms with Crippen LogP contribution >= 0.6 is 11.8 Å². The molecule has 2 rings (SSSR count). The molecular formula is C20H26N2O3S. The fourth-order valence-corrected chi connectivity index (χ4v) is 3.54. The van der Waals surface area contributed by atoms with Gasteiger partial charge in [-0.25, -0.2) is 4.79 Å². The highest BCUT2D eigenvalue weighted by Gasteiger charge is 2.14. The van der Waals surface area contributed by atoms with Crippen LogP contribution in [-0.2, 0) is 6.42 Å². The van der Waals surface area contributed by atoms with Crippen LogP contribution in [-0.4, -0.2) is 28.4 Å². The van der Waals surface area contributed by atoms with E-state index in [0.29, 0.717) is 5.69 Å². The molecule has 2 atom stereocenters. The van der Waals surface area contributed by atoms with Gasteiger partial charge in [-0.2, -0.15) is 0 Å². The zero-order valence-electron chi connectivity index (χ0n) is 15.4. The summed E-state index contributed by atoms with van der Waals surface area (Å²) in [4.78, 5) is 10.9. The van der Waals surface area contributed by atoms with Gasteiger partial charge in [0.2, 0.25) is 0 Å². The van der Waals surface area contributed by atoms with Gasteiger partial charge in [-0.15, -0.1) is 11.8 Å². The number of nitrogens with two attached hydrogens (primary N) is 1. The van der Waals surface area contributed by atoms with Crippen LogP contribution in [0.4, 0.5) is 10.5 Å². The number of hydrogen-bond acceptors (Lipinski definition) is 4. The molecule has 140 valence electrons. The number of amides is 2. The summed E-state index contributed by atoms with van der Waals surface area (Å²) in [5.74, 6) is 0.856. The highest BCUT2D eigenvalue weighted by Crippen LogP contribution is 2.29. The molecule has 0 saturated heterocycles. The Morgan fingerprint density at radius 1 is 1.23 bits per heavy atom. The molecule has 0 aliphatic carbocycles. The van der Waals surface area contributed by atoms with Crippen LogP contribution in [0.5, 0.6) is 5.75 Å². The third-order valence-electron chi connectivity index (χ3n) is 3.94. The van der Waals surface area contributed by atoms with Crippen LogP contribution in [0.25, 0.3) is 0 Å². The zero-order chi connectivity index (χ0) is 19.1. The van der Waals surface area contributed by atoms with Gasteiger partial charge in [0, 0.05) is 22.9 Å². The number of aryl methyl sites for hydroxylation is 1. The number of hydrogen-bond donors (Lipinski definition) is 3. The van der Waals surface area contributed by atoms with Crippen LogP contribution < -0.4 is 15.8 Å². The van der Waals surface area contributed by atoms with Crippen LogP contribution in [0.1, 0.15) is 30.5 Å². The van der Waals surface area contributed by atoms with Crippen molar-refractivity contribution in [3.05, 3.63) is 59.2 Å². The number of primary amides is 1. The van der Waals surface area contributed by atoms with Gasteiger partial charge in [-0.3, -0.25) is 0 Å². The molecule has 2 aromatic carbocycles. The van der Waals surface area contributed by atoms with Gasteiger partial charge in [-0.05, 0) is 43.2 Å². The minimum atomic E-state index is -0.573. The second kappa shape index (κ2) is 9.50. The van der Waals surface area contributed by atoms with Crippen LogP contribution in [0, 0.1) is 6.92 Å². The Kier molecular flexibility index (Phi) is 7.36.